The average Bonchev–Trinajstić information content (AvgIpc) is 2.38. The normalized spacial score (nSPS) is 11.8. The van der Waals surface area contributed by atoms with E-state index >= 15 is 0 Å². The number of halogens is 2. The van der Waals surface area contributed by atoms with Crippen LogP contribution in [-0.2, 0) is 9.53 Å². The molecule has 0 fully saturated rings. The van der Waals surface area contributed by atoms with Gasteiger partial charge >= 0.3 is 12.0 Å². The Morgan fingerprint density at radius 2 is 2.10 bits per heavy atom. The summed E-state index contributed by atoms with van der Waals surface area (Å²) in [4.78, 5) is 22.2. The summed E-state index contributed by atoms with van der Waals surface area (Å²) < 4.78 is 4.93. The van der Waals surface area contributed by atoms with Gasteiger partial charge in [-0.05, 0) is 18.2 Å². The lowest BCUT2D eigenvalue weighted by atomic mass is 10.2. The van der Waals surface area contributed by atoms with Crippen molar-refractivity contribution in [2.45, 2.75) is 12.5 Å². The van der Waals surface area contributed by atoms with Crippen molar-refractivity contribution in [1.82, 2.24) is 5.32 Å². The minimum atomic E-state index is -1.00. The van der Waals surface area contributed by atoms with Crippen molar-refractivity contribution in [2.75, 3.05) is 19.0 Å². The summed E-state index contributed by atoms with van der Waals surface area (Å²) in [5.74, 6) is -1.00. The van der Waals surface area contributed by atoms with E-state index in [4.69, 9.17) is 33.0 Å². The molecule has 0 aromatic heterocycles. The molecule has 0 spiro atoms. The van der Waals surface area contributed by atoms with Crippen LogP contribution in [0.5, 0.6) is 0 Å². The van der Waals surface area contributed by atoms with E-state index in [0.717, 1.165) is 0 Å². The van der Waals surface area contributed by atoms with Crippen molar-refractivity contribution < 1.29 is 19.4 Å². The molecule has 0 radical (unpaired) electrons. The van der Waals surface area contributed by atoms with Crippen molar-refractivity contribution in [3.63, 3.8) is 0 Å². The highest BCUT2D eigenvalue weighted by Crippen LogP contribution is 2.25. The summed E-state index contributed by atoms with van der Waals surface area (Å²) in [6.07, 6.45) is -0.803. The summed E-state index contributed by atoms with van der Waals surface area (Å²) in [7, 11) is 1.38. The Morgan fingerprint density at radius 1 is 1.40 bits per heavy atom. The lowest BCUT2D eigenvalue weighted by Gasteiger charge is -2.14. The fraction of sp³-hybridized carbons (Fsp3) is 0.333. The summed E-state index contributed by atoms with van der Waals surface area (Å²) in [6, 6.07) is 4.14. The van der Waals surface area contributed by atoms with Crippen LogP contribution in [0.4, 0.5) is 10.5 Å². The number of carboxylic acids is 1. The van der Waals surface area contributed by atoms with Crippen LogP contribution >= 0.6 is 23.2 Å². The maximum atomic E-state index is 11.7. The third-order valence-corrected chi connectivity index (χ3v) is 2.97. The summed E-state index contributed by atoms with van der Waals surface area (Å²) in [6.45, 7) is 0.0623. The number of amides is 2. The zero-order valence-electron chi connectivity index (χ0n) is 10.7. The van der Waals surface area contributed by atoms with Gasteiger partial charge in [-0.15, -0.1) is 0 Å². The molecule has 0 saturated heterocycles. The van der Waals surface area contributed by atoms with Gasteiger partial charge in [-0.1, -0.05) is 23.2 Å². The zero-order valence-corrected chi connectivity index (χ0v) is 12.2. The Hall–Kier alpha value is -1.50. The molecule has 1 rings (SSSR count). The van der Waals surface area contributed by atoms with E-state index < -0.39 is 18.1 Å². The number of methoxy groups -OCH3 is 1. The molecule has 0 bridgehead atoms. The number of ether oxygens (including phenoxy) is 1. The molecule has 0 saturated carbocycles. The number of aliphatic carboxylic acids is 1. The smallest absolute Gasteiger partial charge is 0.319 e. The molecule has 110 valence electrons. The van der Waals surface area contributed by atoms with Gasteiger partial charge in [0.1, 0.15) is 0 Å². The lowest BCUT2D eigenvalue weighted by Crippen LogP contribution is -2.37. The molecule has 6 nitrogen and oxygen atoms in total. The van der Waals surface area contributed by atoms with Crippen LogP contribution < -0.4 is 10.6 Å². The van der Waals surface area contributed by atoms with Gasteiger partial charge in [0.15, 0.2) is 0 Å². The number of hydrogen-bond acceptors (Lipinski definition) is 3. The largest absolute Gasteiger partial charge is 0.481 e. The number of hydrogen-bond donors (Lipinski definition) is 3. The standard InChI is InChI=1S/C12H14Cl2N2O4/c1-20-8(5-11(17)18)6-15-12(19)16-10-4-7(13)2-3-9(10)14/h2-4,8H,5-6H2,1H3,(H,17,18)(H2,15,16,19). The Bertz CT molecular complexity index is 496. The highest BCUT2D eigenvalue weighted by Gasteiger charge is 2.14. The third-order valence-electron chi connectivity index (χ3n) is 2.40. The van der Waals surface area contributed by atoms with Gasteiger partial charge in [0, 0.05) is 18.7 Å². The Morgan fingerprint density at radius 3 is 2.70 bits per heavy atom. The molecule has 8 heteroatoms. The first-order chi connectivity index (χ1) is 9.42. The van der Waals surface area contributed by atoms with Crippen LogP contribution in [0.15, 0.2) is 18.2 Å². The fourth-order valence-corrected chi connectivity index (χ4v) is 1.74. The predicted molar refractivity (Wildman–Crippen MR) is 76.5 cm³/mol. The number of carbonyl (C=O) groups excluding carboxylic acids is 1. The number of carboxylic acid groups (broad SMARTS) is 1. The van der Waals surface area contributed by atoms with Crippen molar-refractivity contribution in [3.8, 4) is 0 Å². The van der Waals surface area contributed by atoms with Crippen molar-refractivity contribution in [2.24, 2.45) is 0 Å². The monoisotopic (exact) mass is 320 g/mol. The van der Waals surface area contributed by atoms with Crippen molar-refractivity contribution in [3.05, 3.63) is 28.2 Å². The van der Waals surface area contributed by atoms with Gasteiger partial charge < -0.3 is 20.5 Å². The van der Waals surface area contributed by atoms with E-state index in [-0.39, 0.29) is 13.0 Å². The predicted octanol–water partition coefficient (Wildman–Crippen LogP) is 2.60. The highest BCUT2D eigenvalue weighted by atomic mass is 35.5. The first-order valence-electron chi connectivity index (χ1n) is 5.67. The molecule has 0 aliphatic rings. The van der Waals surface area contributed by atoms with Gasteiger partial charge in [0.25, 0.3) is 0 Å². The number of carbonyl (C=O) groups is 2. The highest BCUT2D eigenvalue weighted by molar-refractivity contribution is 6.35. The van der Waals surface area contributed by atoms with E-state index in [1.54, 1.807) is 12.1 Å². The van der Waals surface area contributed by atoms with Gasteiger partial charge in [-0.3, -0.25) is 4.79 Å². The van der Waals surface area contributed by atoms with Gasteiger partial charge in [0.2, 0.25) is 0 Å². The van der Waals surface area contributed by atoms with Crippen LogP contribution in [-0.4, -0.2) is 36.9 Å². The van der Waals surface area contributed by atoms with Crippen LogP contribution in [0.2, 0.25) is 10.0 Å². The molecular formula is C12H14Cl2N2O4. The Kier molecular flexibility index (Phi) is 6.57. The van der Waals surface area contributed by atoms with E-state index in [1.165, 1.54) is 13.2 Å². The summed E-state index contributed by atoms with van der Waals surface area (Å²) >= 11 is 11.7. The quantitative estimate of drug-likeness (QED) is 0.751. The Labute approximate surface area is 126 Å². The summed E-state index contributed by atoms with van der Waals surface area (Å²) in [5.41, 5.74) is 0.365. The summed E-state index contributed by atoms with van der Waals surface area (Å²) in [5, 5.41) is 14.4. The number of rotatable bonds is 6. The maximum absolute atomic E-state index is 11.7. The number of benzene rings is 1. The molecule has 2 amide bonds. The minimum Gasteiger partial charge on any atom is -0.481 e. The maximum Gasteiger partial charge on any atom is 0.319 e. The van der Waals surface area contributed by atoms with Crippen LogP contribution in [0.1, 0.15) is 6.42 Å². The molecule has 1 unspecified atom stereocenters. The second-order valence-corrected chi connectivity index (χ2v) is 4.76. The molecule has 1 atom stereocenters. The molecule has 1 aromatic carbocycles. The Balaban J connectivity index is 2.51. The average molecular weight is 321 g/mol. The minimum absolute atomic E-state index is 0.0623. The molecule has 0 aliphatic carbocycles. The number of nitrogens with one attached hydrogen (secondary N) is 2. The molecule has 0 heterocycles. The van der Waals surface area contributed by atoms with Gasteiger partial charge in [-0.2, -0.15) is 0 Å². The first kappa shape index (κ1) is 16.6. The fourth-order valence-electron chi connectivity index (χ4n) is 1.40. The van der Waals surface area contributed by atoms with Crippen molar-refractivity contribution in [1.29, 1.82) is 0 Å². The van der Waals surface area contributed by atoms with E-state index in [9.17, 15) is 9.59 Å². The molecule has 20 heavy (non-hydrogen) atoms. The number of anilines is 1. The zero-order chi connectivity index (χ0) is 15.1. The van der Waals surface area contributed by atoms with Gasteiger partial charge in [0.05, 0.1) is 23.2 Å². The van der Waals surface area contributed by atoms with E-state index in [1.807, 2.05) is 0 Å². The topological polar surface area (TPSA) is 87.7 Å². The van der Waals surface area contributed by atoms with Crippen LogP contribution in [0.3, 0.4) is 0 Å². The second kappa shape index (κ2) is 7.94. The third kappa shape index (κ3) is 5.64. The van der Waals surface area contributed by atoms with Crippen LogP contribution in [0.25, 0.3) is 0 Å². The molecular weight excluding hydrogens is 307 g/mol. The molecule has 1 aromatic rings. The first-order valence-corrected chi connectivity index (χ1v) is 6.42. The van der Waals surface area contributed by atoms with Crippen molar-refractivity contribution >= 4 is 40.9 Å². The lowest BCUT2D eigenvalue weighted by molar-refractivity contribution is -0.139. The SMILES string of the molecule is COC(CNC(=O)Nc1cc(Cl)ccc1Cl)CC(=O)O. The number of urea groups is 1. The second-order valence-electron chi connectivity index (χ2n) is 3.91. The molecule has 0 aliphatic heterocycles. The van der Waals surface area contributed by atoms with Gasteiger partial charge in [-0.25, -0.2) is 4.79 Å². The molecule has 3 N–H and O–H groups in total. The van der Waals surface area contributed by atoms with E-state index in [2.05, 4.69) is 10.6 Å². The van der Waals surface area contributed by atoms with Crippen LogP contribution in [0, 0.1) is 0 Å². The van der Waals surface area contributed by atoms with E-state index in [0.29, 0.717) is 15.7 Å².